The van der Waals surface area contributed by atoms with E-state index in [4.69, 9.17) is 4.74 Å². The molecule has 0 aliphatic heterocycles. The summed E-state index contributed by atoms with van der Waals surface area (Å²) >= 11 is 3.39. The molecular weight excluding hydrogens is 482 g/mol. The second-order valence-corrected chi connectivity index (χ2v) is 8.30. The van der Waals surface area contributed by atoms with E-state index in [9.17, 15) is 9.90 Å². The van der Waals surface area contributed by atoms with Crippen molar-refractivity contribution < 1.29 is 14.6 Å². The summed E-state index contributed by atoms with van der Waals surface area (Å²) in [5, 5.41) is 13.9. The summed E-state index contributed by atoms with van der Waals surface area (Å²) in [7, 11) is 1.61. The third-order valence-corrected chi connectivity index (χ3v) is 5.62. The van der Waals surface area contributed by atoms with Crippen LogP contribution in [-0.4, -0.2) is 28.1 Å². The molecule has 33 heavy (non-hydrogen) atoms. The fraction of sp³-hybridized carbons (Fsp3) is 0.115. The summed E-state index contributed by atoms with van der Waals surface area (Å²) in [6.45, 7) is 0. The van der Waals surface area contributed by atoms with Gasteiger partial charge in [0.05, 0.1) is 25.4 Å². The molecule has 0 radical (unpaired) electrons. The molecule has 1 amide bonds. The number of amides is 1. The number of benzene rings is 3. The van der Waals surface area contributed by atoms with Crippen LogP contribution in [0.1, 0.15) is 22.9 Å². The lowest BCUT2D eigenvalue weighted by Gasteiger charge is -2.16. The number of anilines is 1. The number of halogens is 1. The topological polar surface area (TPSA) is 84.3 Å². The van der Waals surface area contributed by atoms with Crippen LogP contribution in [0.2, 0.25) is 0 Å². The minimum Gasteiger partial charge on any atom is -0.497 e. The largest absolute Gasteiger partial charge is 0.497 e. The number of carbonyl (C=O) groups is 1. The molecule has 0 saturated carbocycles. The molecule has 166 valence electrons. The zero-order valence-corrected chi connectivity index (χ0v) is 19.5. The lowest BCUT2D eigenvalue weighted by molar-refractivity contribution is -0.115. The average Bonchev–Trinajstić information content (AvgIpc) is 2.86. The number of carbonyl (C=O) groups excluding carboxylic acids is 1. The van der Waals surface area contributed by atoms with Gasteiger partial charge in [-0.15, -0.1) is 0 Å². The Hall–Kier alpha value is -3.55. The van der Waals surface area contributed by atoms with Gasteiger partial charge in [0.15, 0.2) is 5.82 Å². The molecule has 0 saturated heterocycles. The molecule has 0 spiro atoms. The number of nitrogens with one attached hydrogen (secondary N) is 1. The highest BCUT2D eigenvalue weighted by Crippen LogP contribution is 2.29. The van der Waals surface area contributed by atoms with Gasteiger partial charge in [0.2, 0.25) is 5.91 Å². The zero-order valence-electron chi connectivity index (χ0n) is 17.9. The molecule has 4 rings (SSSR count). The fourth-order valence-corrected chi connectivity index (χ4v) is 3.61. The number of hydrogen-bond donors (Lipinski definition) is 2. The van der Waals surface area contributed by atoms with Gasteiger partial charge in [-0.3, -0.25) is 4.79 Å². The first-order chi connectivity index (χ1) is 16.0. The maximum atomic E-state index is 12.7. The highest BCUT2D eigenvalue weighted by molar-refractivity contribution is 9.10. The summed E-state index contributed by atoms with van der Waals surface area (Å²) < 4.78 is 6.16. The van der Waals surface area contributed by atoms with Crippen molar-refractivity contribution in [1.82, 2.24) is 9.97 Å². The Balaban J connectivity index is 1.65. The van der Waals surface area contributed by atoms with Crippen LogP contribution in [0.5, 0.6) is 5.75 Å². The van der Waals surface area contributed by atoms with E-state index in [1.807, 2.05) is 66.7 Å². The minimum atomic E-state index is -1.06. The van der Waals surface area contributed by atoms with Gasteiger partial charge in [0, 0.05) is 10.0 Å². The third-order valence-electron chi connectivity index (χ3n) is 5.10. The number of aromatic nitrogens is 2. The van der Waals surface area contributed by atoms with E-state index in [-0.39, 0.29) is 23.8 Å². The Kier molecular flexibility index (Phi) is 7.12. The highest BCUT2D eigenvalue weighted by Gasteiger charge is 2.20. The van der Waals surface area contributed by atoms with Gasteiger partial charge >= 0.3 is 0 Å². The molecule has 0 fully saturated rings. The van der Waals surface area contributed by atoms with Crippen LogP contribution in [-0.2, 0) is 11.2 Å². The molecule has 4 aromatic rings. The van der Waals surface area contributed by atoms with Crippen LogP contribution in [0.4, 0.5) is 5.82 Å². The number of ether oxygens (including phenoxy) is 1. The number of aliphatic hydroxyl groups is 1. The summed E-state index contributed by atoms with van der Waals surface area (Å²) in [5.74, 6) is 0.712. The van der Waals surface area contributed by atoms with E-state index < -0.39 is 6.10 Å². The van der Waals surface area contributed by atoms with Crippen molar-refractivity contribution in [3.63, 3.8) is 0 Å². The van der Waals surface area contributed by atoms with E-state index in [1.54, 1.807) is 25.4 Å². The van der Waals surface area contributed by atoms with E-state index in [2.05, 4.69) is 31.2 Å². The maximum Gasteiger partial charge on any atom is 0.229 e. The van der Waals surface area contributed by atoms with Crippen LogP contribution in [0.15, 0.2) is 89.5 Å². The van der Waals surface area contributed by atoms with Gasteiger partial charge in [-0.2, -0.15) is 0 Å². The normalized spacial score (nSPS) is 11.6. The van der Waals surface area contributed by atoms with Gasteiger partial charge in [-0.05, 0) is 47.5 Å². The lowest BCUT2D eigenvalue weighted by atomic mass is 10.1. The predicted octanol–water partition coefficient (Wildman–Crippen LogP) is 5.18. The number of hydrogen-bond acceptors (Lipinski definition) is 5. The molecule has 1 aromatic heterocycles. The number of aliphatic hydroxyl groups excluding tert-OH is 1. The second kappa shape index (κ2) is 10.4. The highest BCUT2D eigenvalue weighted by atomic mass is 79.9. The van der Waals surface area contributed by atoms with Crippen LogP contribution < -0.4 is 10.1 Å². The van der Waals surface area contributed by atoms with Crippen LogP contribution in [0.3, 0.4) is 0 Å². The molecule has 7 heteroatoms. The summed E-state index contributed by atoms with van der Waals surface area (Å²) in [6.07, 6.45) is 0.703. The van der Waals surface area contributed by atoms with Crippen molar-refractivity contribution in [1.29, 1.82) is 0 Å². The molecule has 0 aliphatic rings. The van der Waals surface area contributed by atoms with Gasteiger partial charge in [0.25, 0.3) is 0 Å². The first-order valence-corrected chi connectivity index (χ1v) is 11.1. The van der Waals surface area contributed by atoms with Gasteiger partial charge in [-0.25, -0.2) is 9.97 Å². The van der Waals surface area contributed by atoms with Crippen LogP contribution in [0, 0.1) is 0 Å². The molecule has 0 aliphatic carbocycles. The molecule has 0 bridgehead atoms. The van der Waals surface area contributed by atoms with Crippen LogP contribution in [0.25, 0.3) is 11.3 Å². The van der Waals surface area contributed by atoms with Gasteiger partial charge in [0.1, 0.15) is 17.5 Å². The Bertz CT molecular complexity index is 1230. The molecular formula is C26H22BrN3O3. The van der Waals surface area contributed by atoms with Crippen molar-refractivity contribution in [2.75, 3.05) is 12.4 Å². The standard InChI is InChI=1S/C26H22BrN3O3/c1-33-21-13-9-18(10-14-21)22-16-28-26(24(29-22)25(32)19-5-3-2-4-6-19)30-23(31)15-17-7-11-20(27)12-8-17/h2-14,16,25,32H,15H2,1H3,(H,28,30,31). The Morgan fingerprint density at radius 3 is 2.39 bits per heavy atom. The SMILES string of the molecule is COc1ccc(-c2cnc(NC(=O)Cc3ccc(Br)cc3)c(C(O)c3ccccc3)n2)cc1. The Morgan fingerprint density at radius 1 is 1.03 bits per heavy atom. The summed E-state index contributed by atoms with van der Waals surface area (Å²) in [5.41, 5.74) is 3.19. The quantitative estimate of drug-likeness (QED) is 0.363. The van der Waals surface area contributed by atoms with Crippen molar-refractivity contribution in [2.24, 2.45) is 0 Å². The molecule has 6 nitrogen and oxygen atoms in total. The fourth-order valence-electron chi connectivity index (χ4n) is 3.35. The van der Waals surface area contributed by atoms with E-state index in [0.717, 1.165) is 21.3 Å². The maximum absolute atomic E-state index is 12.7. The van der Waals surface area contributed by atoms with E-state index in [1.165, 1.54) is 0 Å². The van der Waals surface area contributed by atoms with Crippen molar-refractivity contribution >= 4 is 27.7 Å². The number of methoxy groups -OCH3 is 1. The van der Waals surface area contributed by atoms with E-state index >= 15 is 0 Å². The Morgan fingerprint density at radius 2 is 1.73 bits per heavy atom. The minimum absolute atomic E-state index is 0.177. The first kappa shape index (κ1) is 22.6. The monoisotopic (exact) mass is 503 g/mol. The van der Waals surface area contributed by atoms with E-state index in [0.29, 0.717) is 11.3 Å². The van der Waals surface area contributed by atoms with Crippen molar-refractivity contribution in [2.45, 2.75) is 12.5 Å². The summed E-state index contributed by atoms with van der Waals surface area (Å²) in [6, 6.07) is 24.1. The van der Waals surface area contributed by atoms with Crippen LogP contribution >= 0.6 is 15.9 Å². The number of nitrogens with zero attached hydrogens (tertiary/aromatic N) is 2. The molecule has 1 atom stereocenters. The second-order valence-electron chi connectivity index (χ2n) is 7.38. The average molecular weight is 504 g/mol. The number of rotatable bonds is 7. The smallest absolute Gasteiger partial charge is 0.229 e. The van der Waals surface area contributed by atoms with Gasteiger partial charge < -0.3 is 15.2 Å². The molecule has 3 aromatic carbocycles. The predicted molar refractivity (Wildman–Crippen MR) is 131 cm³/mol. The van der Waals surface area contributed by atoms with Gasteiger partial charge in [-0.1, -0.05) is 58.4 Å². The lowest BCUT2D eigenvalue weighted by Crippen LogP contribution is -2.19. The summed E-state index contributed by atoms with van der Waals surface area (Å²) in [4.78, 5) is 21.8. The molecule has 1 heterocycles. The first-order valence-electron chi connectivity index (χ1n) is 10.3. The molecule has 2 N–H and O–H groups in total. The molecule has 1 unspecified atom stereocenters. The zero-order chi connectivity index (χ0) is 23.2. The Labute approximate surface area is 200 Å². The third kappa shape index (κ3) is 5.63. The van der Waals surface area contributed by atoms with Crippen molar-refractivity contribution in [3.05, 3.63) is 106 Å². The van der Waals surface area contributed by atoms with Crippen molar-refractivity contribution in [3.8, 4) is 17.0 Å².